The SMILES string of the molecule is CCN(CCC#N)C(=O)C1COc2ccccc2C1. The lowest BCUT2D eigenvalue weighted by molar-refractivity contribution is -0.136. The standard InChI is InChI=1S/C15H18N2O2/c1-2-17(9-5-8-16)15(18)13-10-12-6-3-4-7-14(12)19-11-13/h3-4,6-7,13H,2,5,9-11H2,1H3. The van der Waals surface area contributed by atoms with Crippen molar-refractivity contribution in [2.45, 2.75) is 19.8 Å². The topological polar surface area (TPSA) is 53.3 Å². The van der Waals surface area contributed by atoms with Crippen molar-refractivity contribution in [2.24, 2.45) is 5.92 Å². The maximum Gasteiger partial charge on any atom is 0.229 e. The van der Waals surface area contributed by atoms with Crippen LogP contribution in [0.4, 0.5) is 0 Å². The molecule has 4 nitrogen and oxygen atoms in total. The van der Waals surface area contributed by atoms with E-state index in [0.29, 0.717) is 26.1 Å². The first kappa shape index (κ1) is 13.4. The highest BCUT2D eigenvalue weighted by Gasteiger charge is 2.28. The summed E-state index contributed by atoms with van der Waals surface area (Å²) in [4.78, 5) is 14.1. The minimum atomic E-state index is -0.131. The fraction of sp³-hybridized carbons (Fsp3) is 0.467. The number of amides is 1. The average molecular weight is 258 g/mol. The highest BCUT2D eigenvalue weighted by atomic mass is 16.5. The lowest BCUT2D eigenvalue weighted by Gasteiger charge is -2.29. The number of fused-ring (bicyclic) bond motifs is 1. The molecule has 0 N–H and O–H groups in total. The van der Waals surface area contributed by atoms with Gasteiger partial charge in [0.05, 0.1) is 18.4 Å². The molecule has 0 aliphatic carbocycles. The van der Waals surface area contributed by atoms with Crippen molar-refractivity contribution in [2.75, 3.05) is 19.7 Å². The highest BCUT2D eigenvalue weighted by molar-refractivity contribution is 5.79. The third-order valence-corrected chi connectivity index (χ3v) is 3.42. The van der Waals surface area contributed by atoms with Crippen molar-refractivity contribution in [1.29, 1.82) is 5.26 Å². The smallest absolute Gasteiger partial charge is 0.229 e. The van der Waals surface area contributed by atoms with Gasteiger partial charge >= 0.3 is 0 Å². The first-order valence-corrected chi connectivity index (χ1v) is 6.62. The maximum absolute atomic E-state index is 12.4. The van der Waals surface area contributed by atoms with E-state index in [1.807, 2.05) is 31.2 Å². The van der Waals surface area contributed by atoms with Crippen LogP contribution in [-0.4, -0.2) is 30.5 Å². The molecule has 0 aromatic heterocycles. The largest absolute Gasteiger partial charge is 0.492 e. The Morgan fingerprint density at radius 3 is 3.05 bits per heavy atom. The first-order chi connectivity index (χ1) is 9.26. The molecule has 0 fully saturated rings. The van der Waals surface area contributed by atoms with Crippen LogP contribution in [0.15, 0.2) is 24.3 Å². The average Bonchev–Trinajstić information content (AvgIpc) is 2.47. The van der Waals surface area contributed by atoms with Crippen molar-refractivity contribution in [3.8, 4) is 11.8 Å². The van der Waals surface area contributed by atoms with E-state index in [9.17, 15) is 4.79 Å². The zero-order chi connectivity index (χ0) is 13.7. The molecule has 1 unspecified atom stereocenters. The molecule has 100 valence electrons. The van der Waals surface area contributed by atoms with E-state index in [0.717, 1.165) is 17.7 Å². The second-order valence-corrected chi connectivity index (χ2v) is 4.65. The first-order valence-electron chi connectivity index (χ1n) is 6.62. The normalized spacial score (nSPS) is 16.9. The minimum Gasteiger partial charge on any atom is -0.492 e. The number of carbonyl (C=O) groups is 1. The van der Waals surface area contributed by atoms with Crippen LogP contribution in [0.25, 0.3) is 0 Å². The molecule has 19 heavy (non-hydrogen) atoms. The molecule has 1 aliphatic heterocycles. The second kappa shape index (κ2) is 6.24. The van der Waals surface area contributed by atoms with Crippen LogP contribution in [0.5, 0.6) is 5.75 Å². The number of nitrogens with zero attached hydrogens (tertiary/aromatic N) is 2. The molecular weight excluding hydrogens is 240 g/mol. The van der Waals surface area contributed by atoms with E-state index < -0.39 is 0 Å². The van der Waals surface area contributed by atoms with Crippen LogP contribution in [0, 0.1) is 17.2 Å². The molecule has 0 radical (unpaired) electrons. The van der Waals surface area contributed by atoms with E-state index in [1.165, 1.54) is 0 Å². The zero-order valence-corrected chi connectivity index (χ0v) is 11.1. The predicted molar refractivity (Wildman–Crippen MR) is 71.6 cm³/mol. The van der Waals surface area contributed by atoms with Gasteiger partial charge in [0, 0.05) is 13.1 Å². The van der Waals surface area contributed by atoms with Crippen LogP contribution in [0.2, 0.25) is 0 Å². The number of para-hydroxylation sites is 1. The summed E-state index contributed by atoms with van der Waals surface area (Å²) in [5.41, 5.74) is 1.09. The number of hydrogen-bond donors (Lipinski definition) is 0. The molecule has 1 aliphatic rings. The van der Waals surface area contributed by atoms with Crippen molar-refractivity contribution >= 4 is 5.91 Å². The summed E-state index contributed by atoms with van der Waals surface area (Å²) in [5.74, 6) is 0.840. The molecule has 0 saturated heterocycles. The molecule has 1 aromatic rings. The van der Waals surface area contributed by atoms with Gasteiger partial charge in [0.15, 0.2) is 0 Å². The molecule has 1 heterocycles. The summed E-state index contributed by atoms with van der Waals surface area (Å²) >= 11 is 0. The molecule has 0 spiro atoms. The monoisotopic (exact) mass is 258 g/mol. The van der Waals surface area contributed by atoms with Crippen LogP contribution in [-0.2, 0) is 11.2 Å². The van der Waals surface area contributed by atoms with Gasteiger partial charge in [0.2, 0.25) is 5.91 Å². The van der Waals surface area contributed by atoms with Crippen LogP contribution < -0.4 is 4.74 Å². The lowest BCUT2D eigenvalue weighted by Crippen LogP contribution is -2.41. The molecule has 0 bridgehead atoms. The Labute approximate surface area is 113 Å². The number of rotatable bonds is 4. The molecule has 1 amide bonds. The molecule has 1 atom stereocenters. The molecule has 1 aromatic carbocycles. The Morgan fingerprint density at radius 1 is 1.53 bits per heavy atom. The number of ether oxygens (including phenoxy) is 1. The lowest BCUT2D eigenvalue weighted by atomic mass is 9.95. The summed E-state index contributed by atoms with van der Waals surface area (Å²) in [6, 6.07) is 9.91. The number of carbonyl (C=O) groups excluding carboxylic acids is 1. The molecule has 2 rings (SSSR count). The van der Waals surface area contributed by atoms with E-state index in [2.05, 4.69) is 6.07 Å². The Bertz CT molecular complexity index is 493. The fourth-order valence-electron chi connectivity index (χ4n) is 2.35. The Hall–Kier alpha value is -2.02. The van der Waals surface area contributed by atoms with Crippen LogP contribution in [0.1, 0.15) is 18.9 Å². The maximum atomic E-state index is 12.4. The Morgan fingerprint density at radius 2 is 2.32 bits per heavy atom. The predicted octanol–water partition coefficient (Wildman–Crippen LogP) is 2.00. The number of benzene rings is 1. The van der Waals surface area contributed by atoms with E-state index >= 15 is 0 Å². The highest BCUT2D eigenvalue weighted by Crippen LogP contribution is 2.27. The van der Waals surface area contributed by atoms with Gasteiger partial charge in [-0.1, -0.05) is 18.2 Å². The Balaban J connectivity index is 2.03. The molecular formula is C15H18N2O2. The molecule has 0 saturated carbocycles. The fourth-order valence-corrected chi connectivity index (χ4v) is 2.35. The van der Waals surface area contributed by atoms with Gasteiger partial charge in [0.1, 0.15) is 12.4 Å². The summed E-state index contributed by atoms with van der Waals surface area (Å²) in [6.07, 6.45) is 1.10. The van der Waals surface area contributed by atoms with Gasteiger partial charge in [-0.05, 0) is 25.0 Å². The van der Waals surface area contributed by atoms with Crippen LogP contribution >= 0.6 is 0 Å². The summed E-state index contributed by atoms with van der Waals surface area (Å²) in [5, 5.41) is 8.62. The Kier molecular flexibility index (Phi) is 4.40. The quantitative estimate of drug-likeness (QED) is 0.830. The van der Waals surface area contributed by atoms with Gasteiger partial charge in [0.25, 0.3) is 0 Å². The number of nitriles is 1. The summed E-state index contributed by atoms with van der Waals surface area (Å²) < 4.78 is 5.64. The van der Waals surface area contributed by atoms with Crippen molar-refractivity contribution in [1.82, 2.24) is 4.90 Å². The van der Waals surface area contributed by atoms with E-state index in [1.54, 1.807) is 4.90 Å². The van der Waals surface area contributed by atoms with Gasteiger partial charge in [-0.25, -0.2) is 0 Å². The van der Waals surface area contributed by atoms with E-state index in [4.69, 9.17) is 10.00 Å². The van der Waals surface area contributed by atoms with Gasteiger partial charge in [-0.3, -0.25) is 4.79 Å². The van der Waals surface area contributed by atoms with Gasteiger partial charge < -0.3 is 9.64 Å². The van der Waals surface area contributed by atoms with Crippen molar-refractivity contribution < 1.29 is 9.53 Å². The van der Waals surface area contributed by atoms with Gasteiger partial charge in [-0.2, -0.15) is 5.26 Å². The number of hydrogen-bond acceptors (Lipinski definition) is 3. The summed E-state index contributed by atoms with van der Waals surface area (Å²) in [7, 11) is 0. The summed E-state index contributed by atoms with van der Waals surface area (Å²) in [6.45, 7) is 3.51. The minimum absolute atomic E-state index is 0.0900. The zero-order valence-electron chi connectivity index (χ0n) is 11.1. The van der Waals surface area contributed by atoms with Crippen molar-refractivity contribution in [3.05, 3.63) is 29.8 Å². The van der Waals surface area contributed by atoms with E-state index in [-0.39, 0.29) is 11.8 Å². The molecule has 4 heteroatoms. The third-order valence-electron chi connectivity index (χ3n) is 3.42. The third kappa shape index (κ3) is 3.05. The van der Waals surface area contributed by atoms with Gasteiger partial charge in [-0.15, -0.1) is 0 Å². The second-order valence-electron chi connectivity index (χ2n) is 4.65. The van der Waals surface area contributed by atoms with Crippen molar-refractivity contribution in [3.63, 3.8) is 0 Å². The van der Waals surface area contributed by atoms with Crippen LogP contribution in [0.3, 0.4) is 0 Å².